The average molecular weight is 220 g/mol. The van der Waals surface area contributed by atoms with Crippen LogP contribution in [0.15, 0.2) is 24.3 Å². The van der Waals surface area contributed by atoms with Crippen LogP contribution in [0.3, 0.4) is 0 Å². The van der Waals surface area contributed by atoms with E-state index in [1.165, 1.54) is 0 Å². The molecule has 1 fully saturated rings. The van der Waals surface area contributed by atoms with E-state index in [-0.39, 0.29) is 11.9 Å². The maximum atomic E-state index is 11.9. The summed E-state index contributed by atoms with van der Waals surface area (Å²) in [4.78, 5) is 11.9. The number of nitrogens with one attached hydrogen (secondary N) is 2. The van der Waals surface area contributed by atoms with Gasteiger partial charge in [-0.1, -0.05) is 6.07 Å². The van der Waals surface area contributed by atoms with Crippen LogP contribution in [-0.4, -0.2) is 32.1 Å². The molecule has 1 aliphatic heterocycles. The van der Waals surface area contributed by atoms with Gasteiger partial charge in [0, 0.05) is 18.2 Å². The fourth-order valence-corrected chi connectivity index (χ4v) is 1.81. The van der Waals surface area contributed by atoms with Crippen molar-refractivity contribution in [2.24, 2.45) is 0 Å². The van der Waals surface area contributed by atoms with Gasteiger partial charge in [0.25, 0.3) is 5.91 Å². The molecule has 1 heterocycles. The summed E-state index contributed by atoms with van der Waals surface area (Å²) in [5.41, 5.74) is 0.645. The van der Waals surface area contributed by atoms with E-state index < -0.39 is 0 Å². The molecule has 1 amide bonds. The number of carbonyl (C=O) groups excluding carboxylic acids is 1. The van der Waals surface area contributed by atoms with E-state index in [4.69, 9.17) is 4.74 Å². The number of methoxy groups -OCH3 is 1. The highest BCUT2D eigenvalue weighted by atomic mass is 16.5. The highest BCUT2D eigenvalue weighted by Crippen LogP contribution is 2.12. The molecular formula is C12H16N2O2. The smallest absolute Gasteiger partial charge is 0.251 e. The molecule has 0 aromatic heterocycles. The van der Waals surface area contributed by atoms with Crippen LogP contribution < -0.4 is 15.4 Å². The second-order valence-electron chi connectivity index (χ2n) is 3.90. The summed E-state index contributed by atoms with van der Waals surface area (Å²) in [6.07, 6.45) is 0.996. The van der Waals surface area contributed by atoms with Crippen LogP contribution in [0.1, 0.15) is 16.8 Å². The second kappa shape index (κ2) is 4.99. The van der Waals surface area contributed by atoms with Crippen molar-refractivity contribution in [1.82, 2.24) is 10.6 Å². The van der Waals surface area contributed by atoms with Crippen molar-refractivity contribution in [3.63, 3.8) is 0 Å². The molecule has 4 nitrogen and oxygen atoms in total. The van der Waals surface area contributed by atoms with Crippen LogP contribution in [-0.2, 0) is 0 Å². The molecule has 0 saturated carbocycles. The molecule has 1 atom stereocenters. The van der Waals surface area contributed by atoms with Crippen molar-refractivity contribution in [3.05, 3.63) is 29.8 Å². The summed E-state index contributed by atoms with van der Waals surface area (Å²) >= 11 is 0. The minimum atomic E-state index is -0.0346. The molecule has 1 unspecified atom stereocenters. The predicted octanol–water partition coefficient (Wildman–Crippen LogP) is 0.787. The molecule has 0 aliphatic carbocycles. The second-order valence-corrected chi connectivity index (χ2v) is 3.90. The molecule has 1 aliphatic rings. The highest BCUT2D eigenvalue weighted by molar-refractivity contribution is 5.94. The quantitative estimate of drug-likeness (QED) is 0.791. The Hall–Kier alpha value is -1.55. The molecule has 1 saturated heterocycles. The van der Waals surface area contributed by atoms with Crippen LogP contribution in [0.4, 0.5) is 0 Å². The van der Waals surface area contributed by atoms with Crippen LogP contribution in [0.25, 0.3) is 0 Å². The molecule has 0 spiro atoms. The number of ether oxygens (including phenoxy) is 1. The summed E-state index contributed by atoms with van der Waals surface area (Å²) in [5, 5.41) is 6.20. The van der Waals surface area contributed by atoms with E-state index in [0.29, 0.717) is 11.3 Å². The zero-order chi connectivity index (χ0) is 11.4. The summed E-state index contributed by atoms with van der Waals surface area (Å²) < 4.78 is 5.08. The highest BCUT2D eigenvalue weighted by Gasteiger charge is 2.17. The van der Waals surface area contributed by atoms with Gasteiger partial charge in [0.2, 0.25) is 0 Å². The number of benzene rings is 1. The zero-order valence-corrected chi connectivity index (χ0v) is 9.32. The minimum absolute atomic E-state index is 0.0346. The third-order valence-corrected chi connectivity index (χ3v) is 2.73. The third kappa shape index (κ3) is 2.52. The maximum Gasteiger partial charge on any atom is 0.251 e. The van der Waals surface area contributed by atoms with Gasteiger partial charge in [0.05, 0.1) is 7.11 Å². The lowest BCUT2D eigenvalue weighted by molar-refractivity contribution is 0.0939. The van der Waals surface area contributed by atoms with E-state index in [1.807, 2.05) is 12.1 Å². The molecule has 16 heavy (non-hydrogen) atoms. The van der Waals surface area contributed by atoms with E-state index in [0.717, 1.165) is 19.5 Å². The van der Waals surface area contributed by atoms with Gasteiger partial charge in [-0.25, -0.2) is 0 Å². The lowest BCUT2D eigenvalue weighted by atomic mass is 10.2. The Labute approximate surface area is 95.0 Å². The van der Waals surface area contributed by atoms with Gasteiger partial charge in [0.1, 0.15) is 5.75 Å². The monoisotopic (exact) mass is 220 g/mol. The molecule has 2 rings (SSSR count). The van der Waals surface area contributed by atoms with Crippen molar-refractivity contribution in [2.45, 2.75) is 12.5 Å². The molecule has 2 N–H and O–H groups in total. The molecule has 0 bridgehead atoms. The van der Waals surface area contributed by atoms with Crippen molar-refractivity contribution in [3.8, 4) is 5.75 Å². The van der Waals surface area contributed by atoms with Gasteiger partial charge in [-0.05, 0) is 31.2 Å². The Bertz CT molecular complexity index is 373. The van der Waals surface area contributed by atoms with Crippen LogP contribution >= 0.6 is 0 Å². The minimum Gasteiger partial charge on any atom is -0.497 e. The normalized spacial score (nSPS) is 19.4. The molecular weight excluding hydrogens is 204 g/mol. The molecule has 86 valence electrons. The Morgan fingerprint density at radius 1 is 1.56 bits per heavy atom. The first-order chi connectivity index (χ1) is 7.79. The number of hydrogen-bond acceptors (Lipinski definition) is 3. The van der Waals surface area contributed by atoms with Crippen LogP contribution in [0.5, 0.6) is 5.75 Å². The summed E-state index contributed by atoms with van der Waals surface area (Å²) in [6, 6.07) is 7.44. The van der Waals surface area contributed by atoms with E-state index in [1.54, 1.807) is 19.2 Å². The summed E-state index contributed by atoms with van der Waals surface area (Å²) in [6.45, 7) is 1.83. The van der Waals surface area contributed by atoms with E-state index >= 15 is 0 Å². The number of amides is 1. The fourth-order valence-electron chi connectivity index (χ4n) is 1.81. The van der Waals surface area contributed by atoms with Gasteiger partial charge in [-0.3, -0.25) is 4.79 Å². The first-order valence-electron chi connectivity index (χ1n) is 5.45. The van der Waals surface area contributed by atoms with Gasteiger partial charge in [-0.2, -0.15) is 0 Å². The van der Waals surface area contributed by atoms with Crippen molar-refractivity contribution in [2.75, 3.05) is 20.2 Å². The first kappa shape index (κ1) is 11.0. The topological polar surface area (TPSA) is 50.4 Å². The predicted molar refractivity (Wildman–Crippen MR) is 61.7 cm³/mol. The zero-order valence-electron chi connectivity index (χ0n) is 9.32. The molecule has 4 heteroatoms. The van der Waals surface area contributed by atoms with E-state index in [9.17, 15) is 4.79 Å². The van der Waals surface area contributed by atoms with E-state index in [2.05, 4.69) is 10.6 Å². The Balaban J connectivity index is 2.01. The summed E-state index contributed by atoms with van der Waals surface area (Å²) in [7, 11) is 1.60. The average Bonchev–Trinajstić information content (AvgIpc) is 2.82. The Morgan fingerprint density at radius 2 is 2.44 bits per heavy atom. The Morgan fingerprint density at radius 3 is 3.12 bits per heavy atom. The number of carbonyl (C=O) groups is 1. The standard InChI is InChI=1S/C12H16N2O2/c1-16-11-4-2-3-9(7-11)12(15)14-10-5-6-13-8-10/h2-4,7,10,13H,5-6,8H2,1H3,(H,14,15). The van der Waals surface area contributed by atoms with Crippen molar-refractivity contribution < 1.29 is 9.53 Å². The SMILES string of the molecule is COc1cccc(C(=O)NC2CCNC2)c1. The van der Waals surface area contributed by atoms with Gasteiger partial charge in [-0.15, -0.1) is 0 Å². The lowest BCUT2D eigenvalue weighted by Gasteiger charge is -2.11. The number of rotatable bonds is 3. The number of hydrogen-bond donors (Lipinski definition) is 2. The van der Waals surface area contributed by atoms with Crippen LogP contribution in [0, 0.1) is 0 Å². The van der Waals surface area contributed by atoms with Gasteiger partial charge in [0.15, 0.2) is 0 Å². The first-order valence-corrected chi connectivity index (χ1v) is 5.45. The maximum absolute atomic E-state index is 11.9. The largest absolute Gasteiger partial charge is 0.497 e. The van der Waals surface area contributed by atoms with Crippen LogP contribution in [0.2, 0.25) is 0 Å². The molecule has 1 aromatic rings. The van der Waals surface area contributed by atoms with Crippen molar-refractivity contribution >= 4 is 5.91 Å². The Kier molecular flexibility index (Phi) is 3.41. The van der Waals surface area contributed by atoms with Gasteiger partial charge >= 0.3 is 0 Å². The molecule has 0 radical (unpaired) electrons. The summed E-state index contributed by atoms with van der Waals surface area (Å²) in [5.74, 6) is 0.671. The lowest BCUT2D eigenvalue weighted by Crippen LogP contribution is -2.36. The van der Waals surface area contributed by atoms with Gasteiger partial charge < -0.3 is 15.4 Å². The molecule has 1 aromatic carbocycles. The third-order valence-electron chi connectivity index (χ3n) is 2.73. The van der Waals surface area contributed by atoms with Crippen molar-refractivity contribution in [1.29, 1.82) is 0 Å². The fraction of sp³-hybridized carbons (Fsp3) is 0.417.